The van der Waals surface area contributed by atoms with Gasteiger partial charge >= 0.3 is 5.97 Å². The van der Waals surface area contributed by atoms with Gasteiger partial charge in [0.05, 0.1) is 12.5 Å². The van der Waals surface area contributed by atoms with E-state index >= 15 is 0 Å². The molecule has 0 spiro atoms. The molecule has 17 heavy (non-hydrogen) atoms. The van der Waals surface area contributed by atoms with Crippen LogP contribution in [-0.2, 0) is 9.53 Å². The molecule has 3 heteroatoms. The third kappa shape index (κ3) is 4.66. The molecule has 1 aliphatic carbocycles. The van der Waals surface area contributed by atoms with Gasteiger partial charge in [0.1, 0.15) is 0 Å². The third-order valence-corrected chi connectivity index (χ3v) is 3.70. The SMILES string of the molecule is COC(=O)C(C)(C)CN(C)CC1CCCCC1. The summed E-state index contributed by atoms with van der Waals surface area (Å²) in [5.41, 5.74) is -0.405. The average Bonchev–Trinajstić information content (AvgIpc) is 2.28. The minimum Gasteiger partial charge on any atom is -0.469 e. The number of nitrogens with zero attached hydrogens (tertiary/aromatic N) is 1. The molecular weight excluding hydrogens is 214 g/mol. The van der Waals surface area contributed by atoms with Crippen LogP contribution >= 0.6 is 0 Å². The summed E-state index contributed by atoms with van der Waals surface area (Å²) in [5.74, 6) is 0.704. The first-order chi connectivity index (χ1) is 7.95. The van der Waals surface area contributed by atoms with Crippen molar-refractivity contribution in [1.29, 1.82) is 0 Å². The van der Waals surface area contributed by atoms with Gasteiger partial charge in [-0.25, -0.2) is 0 Å². The first kappa shape index (κ1) is 14.5. The van der Waals surface area contributed by atoms with Crippen LogP contribution in [0.25, 0.3) is 0 Å². The molecule has 0 aromatic carbocycles. The number of rotatable bonds is 5. The number of carbonyl (C=O) groups is 1. The number of esters is 1. The van der Waals surface area contributed by atoms with Crippen molar-refractivity contribution in [2.24, 2.45) is 11.3 Å². The van der Waals surface area contributed by atoms with Crippen LogP contribution in [0.4, 0.5) is 0 Å². The molecule has 0 N–H and O–H groups in total. The van der Waals surface area contributed by atoms with E-state index in [2.05, 4.69) is 11.9 Å². The monoisotopic (exact) mass is 241 g/mol. The van der Waals surface area contributed by atoms with Crippen molar-refractivity contribution in [2.75, 3.05) is 27.2 Å². The first-order valence-electron chi connectivity index (χ1n) is 6.72. The number of hydrogen-bond donors (Lipinski definition) is 0. The Bertz CT molecular complexity index is 245. The molecule has 1 rings (SSSR count). The zero-order chi connectivity index (χ0) is 12.9. The second kappa shape index (κ2) is 6.39. The Morgan fingerprint density at radius 2 is 1.88 bits per heavy atom. The predicted molar refractivity (Wildman–Crippen MR) is 69.9 cm³/mol. The molecule has 0 atom stereocenters. The molecule has 0 radical (unpaired) electrons. The fraction of sp³-hybridized carbons (Fsp3) is 0.929. The molecule has 3 nitrogen and oxygen atoms in total. The highest BCUT2D eigenvalue weighted by Crippen LogP contribution is 2.25. The highest BCUT2D eigenvalue weighted by Gasteiger charge is 2.30. The van der Waals surface area contributed by atoms with Gasteiger partial charge in [-0.2, -0.15) is 0 Å². The molecule has 0 bridgehead atoms. The molecule has 0 unspecified atom stereocenters. The Morgan fingerprint density at radius 3 is 2.41 bits per heavy atom. The van der Waals surface area contributed by atoms with Gasteiger partial charge in [-0.05, 0) is 39.7 Å². The number of carbonyl (C=O) groups excluding carboxylic acids is 1. The van der Waals surface area contributed by atoms with E-state index in [-0.39, 0.29) is 5.97 Å². The smallest absolute Gasteiger partial charge is 0.312 e. The maximum absolute atomic E-state index is 11.6. The zero-order valence-electron chi connectivity index (χ0n) is 11.8. The van der Waals surface area contributed by atoms with Crippen molar-refractivity contribution < 1.29 is 9.53 Å². The minimum absolute atomic E-state index is 0.118. The Labute approximate surface area is 106 Å². The van der Waals surface area contributed by atoms with Crippen LogP contribution in [0, 0.1) is 11.3 Å². The second-order valence-electron chi connectivity index (χ2n) is 6.08. The van der Waals surface area contributed by atoms with Crippen molar-refractivity contribution in [1.82, 2.24) is 4.90 Å². The summed E-state index contributed by atoms with van der Waals surface area (Å²) in [5, 5.41) is 0. The topological polar surface area (TPSA) is 29.5 Å². The van der Waals surface area contributed by atoms with E-state index in [1.165, 1.54) is 39.2 Å². The van der Waals surface area contributed by atoms with Gasteiger partial charge in [0.15, 0.2) is 0 Å². The lowest BCUT2D eigenvalue weighted by molar-refractivity contribution is -0.151. The zero-order valence-corrected chi connectivity index (χ0v) is 11.8. The number of hydrogen-bond acceptors (Lipinski definition) is 3. The lowest BCUT2D eigenvalue weighted by atomic mass is 9.88. The van der Waals surface area contributed by atoms with Crippen molar-refractivity contribution in [3.05, 3.63) is 0 Å². The van der Waals surface area contributed by atoms with Crippen molar-refractivity contribution >= 4 is 5.97 Å². The Morgan fingerprint density at radius 1 is 1.29 bits per heavy atom. The van der Waals surface area contributed by atoms with Gasteiger partial charge in [0.2, 0.25) is 0 Å². The predicted octanol–water partition coefficient (Wildman–Crippen LogP) is 2.70. The second-order valence-corrected chi connectivity index (χ2v) is 6.08. The molecule has 1 aliphatic rings. The third-order valence-electron chi connectivity index (χ3n) is 3.70. The Kier molecular flexibility index (Phi) is 5.44. The van der Waals surface area contributed by atoms with Crippen LogP contribution < -0.4 is 0 Å². The fourth-order valence-corrected chi connectivity index (χ4v) is 2.89. The Balaban J connectivity index is 2.37. The fourth-order valence-electron chi connectivity index (χ4n) is 2.89. The number of ether oxygens (including phenoxy) is 1. The van der Waals surface area contributed by atoms with Gasteiger partial charge in [-0.1, -0.05) is 19.3 Å². The number of methoxy groups -OCH3 is 1. The molecule has 100 valence electrons. The highest BCUT2D eigenvalue weighted by atomic mass is 16.5. The minimum atomic E-state index is -0.405. The van der Waals surface area contributed by atoms with Gasteiger partial charge in [0, 0.05) is 13.1 Å². The van der Waals surface area contributed by atoms with E-state index in [9.17, 15) is 4.79 Å². The summed E-state index contributed by atoms with van der Waals surface area (Å²) >= 11 is 0. The normalized spacial score (nSPS) is 18.4. The van der Waals surface area contributed by atoms with E-state index in [1.807, 2.05) is 13.8 Å². The van der Waals surface area contributed by atoms with Crippen molar-refractivity contribution in [2.45, 2.75) is 46.0 Å². The maximum Gasteiger partial charge on any atom is 0.312 e. The van der Waals surface area contributed by atoms with Gasteiger partial charge in [-0.3, -0.25) is 4.79 Å². The largest absolute Gasteiger partial charge is 0.469 e. The lowest BCUT2D eigenvalue weighted by Crippen LogP contribution is -2.40. The van der Waals surface area contributed by atoms with E-state index in [0.717, 1.165) is 19.0 Å². The van der Waals surface area contributed by atoms with Crippen LogP contribution in [0.5, 0.6) is 0 Å². The van der Waals surface area contributed by atoms with E-state index in [0.29, 0.717) is 0 Å². The molecule has 0 aromatic heterocycles. The first-order valence-corrected chi connectivity index (χ1v) is 6.72. The molecule has 0 heterocycles. The standard InChI is InChI=1S/C14H27NO2/c1-14(2,13(16)17-4)11-15(3)10-12-8-6-5-7-9-12/h12H,5-11H2,1-4H3. The Hall–Kier alpha value is -0.570. The molecule has 0 aliphatic heterocycles. The van der Waals surface area contributed by atoms with Crippen LogP contribution in [0.2, 0.25) is 0 Å². The summed E-state index contributed by atoms with van der Waals surface area (Å²) in [7, 11) is 3.57. The van der Waals surface area contributed by atoms with Crippen LogP contribution in [0.3, 0.4) is 0 Å². The molecule has 1 fully saturated rings. The van der Waals surface area contributed by atoms with Crippen molar-refractivity contribution in [3.63, 3.8) is 0 Å². The van der Waals surface area contributed by atoms with Crippen LogP contribution in [-0.4, -0.2) is 38.1 Å². The lowest BCUT2D eigenvalue weighted by Gasteiger charge is -2.31. The molecule has 1 saturated carbocycles. The average molecular weight is 241 g/mol. The van der Waals surface area contributed by atoms with Gasteiger partial charge in [-0.15, -0.1) is 0 Å². The van der Waals surface area contributed by atoms with E-state index in [1.54, 1.807) is 0 Å². The van der Waals surface area contributed by atoms with Gasteiger partial charge in [0.25, 0.3) is 0 Å². The molecule has 0 saturated heterocycles. The van der Waals surface area contributed by atoms with Crippen LogP contribution in [0.15, 0.2) is 0 Å². The summed E-state index contributed by atoms with van der Waals surface area (Å²) in [6.07, 6.45) is 6.84. The summed E-state index contributed by atoms with van der Waals surface area (Å²) in [6.45, 7) is 5.79. The highest BCUT2D eigenvalue weighted by molar-refractivity contribution is 5.76. The summed E-state index contributed by atoms with van der Waals surface area (Å²) in [6, 6.07) is 0. The van der Waals surface area contributed by atoms with Crippen molar-refractivity contribution in [3.8, 4) is 0 Å². The molecular formula is C14H27NO2. The molecule has 0 amide bonds. The summed E-state index contributed by atoms with van der Waals surface area (Å²) < 4.78 is 4.84. The van der Waals surface area contributed by atoms with Gasteiger partial charge < -0.3 is 9.64 Å². The van der Waals surface area contributed by atoms with E-state index < -0.39 is 5.41 Å². The molecule has 0 aromatic rings. The quantitative estimate of drug-likeness (QED) is 0.693. The maximum atomic E-state index is 11.6. The van der Waals surface area contributed by atoms with E-state index in [4.69, 9.17) is 4.74 Å². The summed E-state index contributed by atoms with van der Waals surface area (Å²) in [4.78, 5) is 13.9. The van der Waals surface area contributed by atoms with Crippen LogP contribution in [0.1, 0.15) is 46.0 Å².